The van der Waals surface area contributed by atoms with Crippen molar-refractivity contribution < 1.29 is 4.79 Å². The molecule has 0 bridgehead atoms. The number of hydrogen-bond acceptors (Lipinski definition) is 2. The Bertz CT molecular complexity index is 603. The van der Waals surface area contributed by atoms with Crippen molar-refractivity contribution in [2.45, 2.75) is 13.3 Å². The molecule has 0 aliphatic carbocycles. The number of aryl methyl sites for hydroxylation is 1. The van der Waals surface area contributed by atoms with Gasteiger partial charge in [0.25, 0.3) is 0 Å². The van der Waals surface area contributed by atoms with Crippen LogP contribution in [-0.4, -0.2) is 11.7 Å². The summed E-state index contributed by atoms with van der Waals surface area (Å²) < 4.78 is 0. The molecule has 0 spiro atoms. The summed E-state index contributed by atoms with van der Waals surface area (Å²) in [5, 5.41) is 4.11. The van der Waals surface area contributed by atoms with Crippen LogP contribution in [-0.2, 0) is 6.42 Å². The summed E-state index contributed by atoms with van der Waals surface area (Å²) in [7, 11) is 0. The summed E-state index contributed by atoms with van der Waals surface area (Å²) in [4.78, 5) is 10.8. The molecule has 0 aromatic heterocycles. The van der Waals surface area contributed by atoms with E-state index in [0.717, 1.165) is 16.8 Å². The highest BCUT2D eigenvalue weighted by atomic mass is 16.2. The molecule has 20 heavy (non-hydrogen) atoms. The molecule has 4 heteroatoms. The second-order valence-electron chi connectivity index (χ2n) is 4.56. The van der Waals surface area contributed by atoms with Crippen molar-refractivity contribution in [3.63, 3.8) is 0 Å². The van der Waals surface area contributed by atoms with Gasteiger partial charge < -0.3 is 5.73 Å². The molecule has 2 aromatic carbocycles. The molecule has 3 N–H and O–H groups in total. The highest BCUT2D eigenvalue weighted by Crippen LogP contribution is 2.10. The molecule has 0 fully saturated rings. The first kappa shape index (κ1) is 13.8. The third kappa shape index (κ3) is 3.95. The number of hydrazone groups is 1. The number of carbonyl (C=O) groups is 1. The zero-order valence-corrected chi connectivity index (χ0v) is 11.3. The van der Waals surface area contributed by atoms with Gasteiger partial charge in [-0.15, -0.1) is 0 Å². The van der Waals surface area contributed by atoms with E-state index < -0.39 is 6.03 Å². The largest absolute Gasteiger partial charge is 0.350 e. The Hall–Kier alpha value is -2.62. The number of rotatable bonds is 4. The number of hydrogen-bond donors (Lipinski definition) is 2. The number of nitrogens with one attached hydrogen (secondary N) is 1. The molecular formula is C16H17N3O. The van der Waals surface area contributed by atoms with Gasteiger partial charge in [0.1, 0.15) is 0 Å². The molecule has 2 rings (SSSR count). The number of carbonyl (C=O) groups excluding carboxylic acids is 1. The number of primary amides is 1. The van der Waals surface area contributed by atoms with Gasteiger partial charge in [-0.05, 0) is 18.1 Å². The van der Waals surface area contributed by atoms with E-state index in [2.05, 4.69) is 10.5 Å². The molecule has 0 heterocycles. The average Bonchev–Trinajstić information content (AvgIpc) is 2.45. The molecular weight excluding hydrogens is 250 g/mol. The van der Waals surface area contributed by atoms with Crippen LogP contribution in [0.25, 0.3) is 0 Å². The molecule has 0 saturated heterocycles. The SMILES string of the molecule is Cc1ccc(C(Cc2ccccc2)=NNC(N)=O)cc1. The molecule has 0 radical (unpaired) electrons. The Balaban J connectivity index is 2.27. The summed E-state index contributed by atoms with van der Waals surface area (Å²) in [6.45, 7) is 2.03. The Morgan fingerprint density at radius 1 is 1.10 bits per heavy atom. The number of benzene rings is 2. The fourth-order valence-corrected chi connectivity index (χ4v) is 1.86. The van der Waals surface area contributed by atoms with Gasteiger partial charge in [-0.3, -0.25) is 0 Å². The third-order valence-electron chi connectivity index (χ3n) is 2.90. The summed E-state index contributed by atoms with van der Waals surface area (Å²) >= 11 is 0. The predicted octanol–water partition coefficient (Wildman–Crippen LogP) is 2.61. The lowest BCUT2D eigenvalue weighted by molar-refractivity contribution is 0.249. The molecule has 0 aliphatic heterocycles. The second kappa shape index (κ2) is 6.52. The Kier molecular flexibility index (Phi) is 4.50. The number of nitrogens with zero attached hydrogens (tertiary/aromatic N) is 1. The zero-order valence-electron chi connectivity index (χ0n) is 11.3. The minimum Gasteiger partial charge on any atom is -0.350 e. The van der Waals surface area contributed by atoms with E-state index in [0.29, 0.717) is 6.42 Å². The van der Waals surface area contributed by atoms with Crippen LogP contribution < -0.4 is 11.2 Å². The standard InChI is InChI=1S/C16H17N3O/c1-12-7-9-14(10-8-12)15(18-19-16(17)20)11-13-5-3-2-4-6-13/h2-10H,11H2,1H3,(H3,17,19,20). The third-order valence-corrected chi connectivity index (χ3v) is 2.90. The monoisotopic (exact) mass is 267 g/mol. The molecule has 0 saturated carbocycles. The maximum atomic E-state index is 10.8. The lowest BCUT2D eigenvalue weighted by Crippen LogP contribution is -2.26. The topological polar surface area (TPSA) is 67.5 Å². The van der Waals surface area contributed by atoms with Crippen molar-refractivity contribution in [1.29, 1.82) is 0 Å². The minimum atomic E-state index is -0.664. The second-order valence-corrected chi connectivity index (χ2v) is 4.56. The van der Waals surface area contributed by atoms with E-state index in [4.69, 9.17) is 5.73 Å². The van der Waals surface area contributed by atoms with Gasteiger partial charge in [0.15, 0.2) is 0 Å². The van der Waals surface area contributed by atoms with E-state index in [1.807, 2.05) is 61.5 Å². The van der Waals surface area contributed by atoms with E-state index in [-0.39, 0.29) is 0 Å². The molecule has 102 valence electrons. The first-order valence-electron chi connectivity index (χ1n) is 6.38. The van der Waals surface area contributed by atoms with Crippen molar-refractivity contribution in [3.05, 3.63) is 71.3 Å². The van der Waals surface area contributed by atoms with Crippen molar-refractivity contribution in [2.75, 3.05) is 0 Å². The molecule has 2 aromatic rings. The Morgan fingerprint density at radius 2 is 1.75 bits per heavy atom. The van der Waals surface area contributed by atoms with Crippen LogP contribution in [0.1, 0.15) is 16.7 Å². The molecule has 0 unspecified atom stereocenters. The Morgan fingerprint density at radius 3 is 2.35 bits per heavy atom. The van der Waals surface area contributed by atoms with Gasteiger partial charge in [-0.25, -0.2) is 10.2 Å². The molecule has 4 nitrogen and oxygen atoms in total. The van der Waals surface area contributed by atoms with Gasteiger partial charge in [-0.1, -0.05) is 60.2 Å². The number of nitrogens with two attached hydrogens (primary N) is 1. The lowest BCUT2D eigenvalue weighted by atomic mass is 10.0. The number of amides is 2. The number of urea groups is 1. The first-order chi connectivity index (χ1) is 9.65. The summed E-state index contributed by atoms with van der Waals surface area (Å²) in [6, 6.07) is 17.3. The Labute approximate surface area is 118 Å². The normalized spacial score (nSPS) is 11.2. The van der Waals surface area contributed by atoms with Gasteiger partial charge in [-0.2, -0.15) is 5.10 Å². The van der Waals surface area contributed by atoms with Crippen LogP contribution in [0.15, 0.2) is 59.7 Å². The van der Waals surface area contributed by atoms with Crippen LogP contribution in [0.4, 0.5) is 4.79 Å². The van der Waals surface area contributed by atoms with Gasteiger partial charge in [0, 0.05) is 6.42 Å². The van der Waals surface area contributed by atoms with Crippen LogP contribution in [0, 0.1) is 6.92 Å². The van der Waals surface area contributed by atoms with Crippen molar-refractivity contribution >= 4 is 11.7 Å². The fourth-order valence-electron chi connectivity index (χ4n) is 1.86. The summed E-state index contributed by atoms with van der Waals surface area (Å²) in [5.41, 5.74) is 11.4. The van der Waals surface area contributed by atoms with Crippen LogP contribution in [0.3, 0.4) is 0 Å². The van der Waals surface area contributed by atoms with Crippen molar-refractivity contribution in [2.24, 2.45) is 10.8 Å². The quantitative estimate of drug-likeness (QED) is 0.649. The van der Waals surface area contributed by atoms with E-state index >= 15 is 0 Å². The maximum Gasteiger partial charge on any atom is 0.332 e. The summed E-state index contributed by atoms with van der Waals surface area (Å²) in [5.74, 6) is 0. The molecule has 0 aliphatic rings. The van der Waals surface area contributed by atoms with E-state index in [1.54, 1.807) is 0 Å². The minimum absolute atomic E-state index is 0.629. The average molecular weight is 267 g/mol. The predicted molar refractivity (Wildman–Crippen MR) is 80.6 cm³/mol. The highest BCUT2D eigenvalue weighted by Gasteiger charge is 2.06. The zero-order chi connectivity index (χ0) is 14.4. The molecule has 0 atom stereocenters. The van der Waals surface area contributed by atoms with E-state index in [1.165, 1.54) is 5.56 Å². The highest BCUT2D eigenvalue weighted by molar-refractivity contribution is 6.02. The fraction of sp³-hybridized carbons (Fsp3) is 0.125. The smallest absolute Gasteiger partial charge is 0.332 e. The van der Waals surface area contributed by atoms with E-state index in [9.17, 15) is 4.79 Å². The van der Waals surface area contributed by atoms with Crippen molar-refractivity contribution in [1.82, 2.24) is 5.43 Å². The molecule has 2 amide bonds. The lowest BCUT2D eigenvalue weighted by Gasteiger charge is -2.07. The van der Waals surface area contributed by atoms with Gasteiger partial charge >= 0.3 is 6.03 Å². The van der Waals surface area contributed by atoms with Crippen LogP contribution in [0.5, 0.6) is 0 Å². The summed E-state index contributed by atoms with van der Waals surface area (Å²) in [6.07, 6.45) is 0.629. The maximum absolute atomic E-state index is 10.8. The van der Waals surface area contributed by atoms with Crippen LogP contribution in [0.2, 0.25) is 0 Å². The van der Waals surface area contributed by atoms with Gasteiger partial charge in [0.05, 0.1) is 5.71 Å². The van der Waals surface area contributed by atoms with Crippen LogP contribution >= 0.6 is 0 Å². The van der Waals surface area contributed by atoms with Gasteiger partial charge in [0.2, 0.25) is 0 Å². The van der Waals surface area contributed by atoms with Crippen molar-refractivity contribution in [3.8, 4) is 0 Å². The first-order valence-corrected chi connectivity index (χ1v) is 6.38.